The van der Waals surface area contributed by atoms with Crippen molar-refractivity contribution in [1.82, 2.24) is 4.42 Å². The molecule has 0 aliphatic carbocycles. The Morgan fingerprint density at radius 3 is 2.20 bits per heavy atom. The van der Waals surface area contributed by atoms with Gasteiger partial charge in [-0.25, -0.2) is 0 Å². The molecule has 0 radical (unpaired) electrons. The van der Waals surface area contributed by atoms with Crippen LogP contribution in [0, 0.1) is 0 Å². The van der Waals surface area contributed by atoms with Crippen molar-refractivity contribution in [2.75, 3.05) is 0 Å². The van der Waals surface area contributed by atoms with Crippen molar-refractivity contribution < 1.29 is 0 Å². The van der Waals surface area contributed by atoms with Gasteiger partial charge in [0.2, 0.25) is 0 Å². The Bertz CT molecular complexity index is 174. The highest BCUT2D eigenvalue weighted by molar-refractivity contribution is 6.22. The molecule has 1 aliphatic rings. The van der Waals surface area contributed by atoms with Crippen LogP contribution in [0.2, 0.25) is 0 Å². The molecule has 0 saturated carbocycles. The van der Waals surface area contributed by atoms with E-state index in [-0.39, 0.29) is 5.54 Å². The van der Waals surface area contributed by atoms with Crippen LogP contribution in [-0.4, -0.2) is 21.8 Å². The first-order valence-corrected chi connectivity index (χ1v) is 3.80. The summed E-state index contributed by atoms with van der Waals surface area (Å²) in [4.78, 5) is 4.39. The lowest BCUT2D eigenvalue weighted by Gasteiger charge is -2.23. The summed E-state index contributed by atoms with van der Waals surface area (Å²) >= 11 is 5.90. The van der Waals surface area contributed by atoms with Gasteiger partial charge in [-0.3, -0.25) is 9.41 Å². The highest BCUT2D eigenvalue weighted by Crippen LogP contribution is 2.28. The van der Waals surface area contributed by atoms with Gasteiger partial charge in [0.15, 0.2) is 0 Å². The lowest BCUT2D eigenvalue weighted by Crippen LogP contribution is -2.35. The highest BCUT2D eigenvalue weighted by Gasteiger charge is 2.36. The molecule has 0 fully saturated rings. The van der Waals surface area contributed by atoms with Crippen LogP contribution in [-0.2, 0) is 0 Å². The van der Waals surface area contributed by atoms with Gasteiger partial charge in [-0.15, -0.1) is 0 Å². The Morgan fingerprint density at radius 1 is 1.60 bits per heavy atom. The summed E-state index contributed by atoms with van der Waals surface area (Å²) in [7, 11) is 0. The van der Waals surface area contributed by atoms with E-state index in [9.17, 15) is 0 Å². The molecule has 1 rings (SSSR count). The fraction of sp³-hybridized carbons (Fsp3) is 0.857. The first-order chi connectivity index (χ1) is 4.45. The van der Waals surface area contributed by atoms with Crippen molar-refractivity contribution in [2.45, 2.75) is 39.3 Å². The quantitative estimate of drug-likeness (QED) is 0.496. The molecule has 0 bridgehead atoms. The van der Waals surface area contributed by atoms with Crippen LogP contribution in [0.3, 0.4) is 0 Å². The second-order valence-corrected chi connectivity index (χ2v) is 3.66. The summed E-state index contributed by atoms with van der Waals surface area (Å²) in [6.45, 7) is 8.18. The topological polar surface area (TPSA) is 15.6 Å². The molecule has 0 saturated heterocycles. The summed E-state index contributed by atoms with van der Waals surface area (Å²) in [5, 5.41) is 0. The normalized spacial score (nSPS) is 30.7. The average Bonchev–Trinajstić information content (AvgIpc) is 1.95. The largest absolute Gasteiger partial charge is 0.268 e. The number of halogens is 1. The van der Waals surface area contributed by atoms with Crippen molar-refractivity contribution in [2.24, 2.45) is 4.99 Å². The summed E-state index contributed by atoms with van der Waals surface area (Å²) in [6.07, 6.45) is 0. The van der Waals surface area contributed by atoms with E-state index in [1.54, 1.807) is 4.42 Å². The standard InChI is InChI=1S/C7H13ClN2/c1-5-7(3,4)9-6(2)10(5)8/h5H,1-4H3. The van der Waals surface area contributed by atoms with Gasteiger partial charge in [0, 0.05) is 11.8 Å². The second-order valence-electron chi connectivity index (χ2n) is 3.30. The summed E-state index contributed by atoms with van der Waals surface area (Å²) in [5.74, 6) is 0.916. The van der Waals surface area contributed by atoms with Gasteiger partial charge < -0.3 is 0 Å². The molecule has 58 valence electrons. The zero-order valence-electron chi connectivity index (χ0n) is 6.85. The van der Waals surface area contributed by atoms with Crippen LogP contribution in [0.1, 0.15) is 27.7 Å². The third-order valence-corrected chi connectivity index (χ3v) is 2.66. The van der Waals surface area contributed by atoms with E-state index in [2.05, 4.69) is 25.8 Å². The Morgan fingerprint density at radius 2 is 2.10 bits per heavy atom. The molecule has 10 heavy (non-hydrogen) atoms. The summed E-state index contributed by atoms with van der Waals surface area (Å²) in [5.41, 5.74) is -0.0220. The third-order valence-electron chi connectivity index (χ3n) is 2.12. The molecule has 0 N–H and O–H groups in total. The maximum Gasteiger partial charge on any atom is 0.111 e. The smallest absolute Gasteiger partial charge is 0.111 e. The van der Waals surface area contributed by atoms with E-state index in [0.717, 1.165) is 5.84 Å². The molecule has 1 atom stereocenters. The molecule has 0 amide bonds. The van der Waals surface area contributed by atoms with Crippen molar-refractivity contribution in [3.8, 4) is 0 Å². The minimum atomic E-state index is -0.0220. The number of hydrogen-bond donors (Lipinski definition) is 0. The molecule has 0 spiro atoms. The van der Waals surface area contributed by atoms with E-state index in [1.165, 1.54) is 0 Å². The first-order valence-electron chi connectivity index (χ1n) is 3.46. The highest BCUT2D eigenvalue weighted by atomic mass is 35.5. The van der Waals surface area contributed by atoms with Crippen molar-refractivity contribution in [1.29, 1.82) is 0 Å². The third kappa shape index (κ3) is 1.01. The fourth-order valence-electron chi connectivity index (χ4n) is 1.12. The molecular formula is C7H13ClN2. The predicted octanol–water partition coefficient (Wildman–Crippen LogP) is 2.04. The molecule has 1 aliphatic heterocycles. The van der Waals surface area contributed by atoms with Crippen LogP contribution in [0.15, 0.2) is 4.99 Å². The Labute approximate surface area is 67.0 Å². The summed E-state index contributed by atoms with van der Waals surface area (Å²) < 4.78 is 1.69. The molecule has 0 aromatic heterocycles. The zero-order valence-corrected chi connectivity index (χ0v) is 7.61. The van der Waals surface area contributed by atoms with Gasteiger partial charge >= 0.3 is 0 Å². The number of nitrogens with zero attached hydrogens (tertiary/aromatic N) is 2. The minimum absolute atomic E-state index is 0.0220. The number of aliphatic imine (C=N–C) groups is 1. The number of rotatable bonds is 0. The average molecular weight is 161 g/mol. The minimum Gasteiger partial charge on any atom is -0.268 e. The van der Waals surface area contributed by atoms with Crippen LogP contribution in [0.4, 0.5) is 0 Å². The summed E-state index contributed by atoms with van der Waals surface area (Å²) in [6, 6.07) is 0.300. The van der Waals surface area contributed by atoms with Crippen LogP contribution < -0.4 is 0 Å². The maximum atomic E-state index is 5.90. The van der Waals surface area contributed by atoms with Gasteiger partial charge in [0.1, 0.15) is 5.84 Å². The van der Waals surface area contributed by atoms with Crippen LogP contribution >= 0.6 is 11.8 Å². The molecule has 1 unspecified atom stereocenters. The monoisotopic (exact) mass is 160 g/mol. The van der Waals surface area contributed by atoms with Gasteiger partial charge in [-0.05, 0) is 27.7 Å². The van der Waals surface area contributed by atoms with Gasteiger partial charge in [0.05, 0.1) is 11.6 Å². The van der Waals surface area contributed by atoms with Crippen LogP contribution in [0.25, 0.3) is 0 Å². The van der Waals surface area contributed by atoms with E-state index >= 15 is 0 Å². The fourth-order valence-corrected chi connectivity index (χ4v) is 1.39. The molecule has 0 aromatic rings. The van der Waals surface area contributed by atoms with E-state index < -0.39 is 0 Å². The molecular weight excluding hydrogens is 148 g/mol. The lowest BCUT2D eigenvalue weighted by atomic mass is 9.99. The van der Waals surface area contributed by atoms with Crippen molar-refractivity contribution in [3.63, 3.8) is 0 Å². The van der Waals surface area contributed by atoms with Crippen LogP contribution in [0.5, 0.6) is 0 Å². The number of amidine groups is 1. The van der Waals surface area contributed by atoms with E-state index in [4.69, 9.17) is 11.8 Å². The lowest BCUT2D eigenvalue weighted by molar-refractivity contribution is 0.369. The molecule has 1 heterocycles. The Kier molecular flexibility index (Phi) is 1.67. The molecule has 0 aromatic carbocycles. The van der Waals surface area contributed by atoms with Gasteiger partial charge in [-0.1, -0.05) is 0 Å². The van der Waals surface area contributed by atoms with Gasteiger partial charge in [0.25, 0.3) is 0 Å². The molecule has 2 nitrogen and oxygen atoms in total. The molecule has 3 heteroatoms. The van der Waals surface area contributed by atoms with Gasteiger partial charge in [-0.2, -0.15) is 0 Å². The second kappa shape index (κ2) is 2.12. The van der Waals surface area contributed by atoms with Crippen molar-refractivity contribution >= 4 is 17.6 Å². The van der Waals surface area contributed by atoms with E-state index in [0.29, 0.717) is 6.04 Å². The Balaban J connectivity index is 2.87. The number of hydrogen-bond acceptors (Lipinski definition) is 2. The predicted molar refractivity (Wildman–Crippen MR) is 44.3 cm³/mol. The maximum absolute atomic E-state index is 5.90. The first kappa shape index (κ1) is 7.86. The SMILES string of the molecule is CC1=NC(C)(C)C(C)N1Cl. The van der Waals surface area contributed by atoms with E-state index in [1.807, 2.05) is 6.92 Å². The van der Waals surface area contributed by atoms with Crippen molar-refractivity contribution in [3.05, 3.63) is 0 Å². The Hall–Kier alpha value is -0.240. The zero-order chi connectivity index (χ0) is 7.94.